The topological polar surface area (TPSA) is 79.3 Å². The van der Waals surface area contributed by atoms with Crippen LogP contribution in [0.4, 0.5) is 4.79 Å². The van der Waals surface area contributed by atoms with Crippen molar-refractivity contribution >= 4 is 12.1 Å². The number of amides is 1. The molecular formula is C25H44N2O5. The number of rotatable bonds is 6. The normalized spacial score (nSPS) is 35.9. The molecule has 0 aliphatic heterocycles. The van der Waals surface area contributed by atoms with Gasteiger partial charge in [0.15, 0.2) is 0 Å². The van der Waals surface area contributed by atoms with Crippen molar-refractivity contribution in [2.45, 2.75) is 94.9 Å². The summed E-state index contributed by atoms with van der Waals surface area (Å²) in [5, 5.41) is 11.8. The third kappa shape index (κ3) is 6.16. The van der Waals surface area contributed by atoms with Crippen LogP contribution < -0.4 is 0 Å². The van der Waals surface area contributed by atoms with Crippen LogP contribution in [0.25, 0.3) is 0 Å². The molecular weight excluding hydrogens is 408 g/mol. The lowest BCUT2D eigenvalue weighted by Gasteiger charge is -2.48. The van der Waals surface area contributed by atoms with Crippen molar-refractivity contribution in [3.05, 3.63) is 0 Å². The highest BCUT2D eigenvalue weighted by molar-refractivity contribution is 5.74. The SMILES string of the molecule is CN(C)CC1CCCCC1(O)C1CCCC(OC(=O)C2CCCCC2OC(=O)N(C)C)C1. The van der Waals surface area contributed by atoms with Crippen LogP contribution in [0.3, 0.4) is 0 Å². The van der Waals surface area contributed by atoms with E-state index in [0.717, 1.165) is 64.3 Å². The van der Waals surface area contributed by atoms with E-state index in [1.54, 1.807) is 14.1 Å². The molecule has 0 aromatic carbocycles. The van der Waals surface area contributed by atoms with Crippen LogP contribution in [0.15, 0.2) is 0 Å². The molecule has 0 radical (unpaired) electrons. The number of hydrogen-bond donors (Lipinski definition) is 1. The summed E-state index contributed by atoms with van der Waals surface area (Å²) in [5.74, 6) is -0.161. The number of ether oxygens (including phenoxy) is 2. The molecule has 184 valence electrons. The van der Waals surface area contributed by atoms with Gasteiger partial charge in [-0.2, -0.15) is 0 Å². The van der Waals surface area contributed by atoms with E-state index in [1.165, 1.54) is 11.3 Å². The molecule has 0 spiro atoms. The first kappa shape index (κ1) is 25.3. The number of aliphatic hydroxyl groups is 1. The molecule has 3 aliphatic carbocycles. The molecule has 0 saturated heterocycles. The van der Waals surface area contributed by atoms with Crippen LogP contribution in [0.1, 0.15) is 77.0 Å². The van der Waals surface area contributed by atoms with Crippen molar-refractivity contribution < 1.29 is 24.2 Å². The Morgan fingerprint density at radius 3 is 2.34 bits per heavy atom. The van der Waals surface area contributed by atoms with E-state index in [4.69, 9.17) is 9.47 Å². The van der Waals surface area contributed by atoms with Gasteiger partial charge in [0, 0.05) is 26.6 Å². The highest BCUT2D eigenvalue weighted by Gasteiger charge is 2.47. The van der Waals surface area contributed by atoms with Gasteiger partial charge in [0.25, 0.3) is 0 Å². The fourth-order valence-corrected chi connectivity index (χ4v) is 6.18. The van der Waals surface area contributed by atoms with Crippen molar-refractivity contribution in [3.63, 3.8) is 0 Å². The summed E-state index contributed by atoms with van der Waals surface area (Å²) in [6.45, 7) is 0.901. The first-order chi connectivity index (χ1) is 15.2. The van der Waals surface area contributed by atoms with E-state index < -0.39 is 17.8 Å². The van der Waals surface area contributed by atoms with Crippen LogP contribution in [-0.4, -0.2) is 79.5 Å². The lowest BCUT2D eigenvalue weighted by Crippen LogP contribution is -2.52. The van der Waals surface area contributed by atoms with Crippen LogP contribution in [-0.2, 0) is 14.3 Å². The van der Waals surface area contributed by atoms with Gasteiger partial charge in [0.1, 0.15) is 12.2 Å². The number of hydrogen-bond acceptors (Lipinski definition) is 6. The molecule has 3 fully saturated rings. The molecule has 7 heteroatoms. The molecule has 32 heavy (non-hydrogen) atoms. The predicted octanol–water partition coefficient (Wildman–Crippen LogP) is 3.83. The number of carbonyl (C=O) groups is 2. The van der Waals surface area contributed by atoms with Gasteiger partial charge in [-0.3, -0.25) is 4.79 Å². The van der Waals surface area contributed by atoms with Crippen LogP contribution in [0, 0.1) is 17.8 Å². The maximum Gasteiger partial charge on any atom is 0.409 e. The molecule has 6 atom stereocenters. The van der Waals surface area contributed by atoms with Crippen LogP contribution in [0.5, 0.6) is 0 Å². The van der Waals surface area contributed by atoms with Gasteiger partial charge in [-0.05, 0) is 77.8 Å². The van der Waals surface area contributed by atoms with Crippen molar-refractivity contribution in [2.24, 2.45) is 17.8 Å². The molecule has 1 N–H and O–H groups in total. The molecule has 1 amide bonds. The Bertz CT molecular complexity index is 640. The highest BCUT2D eigenvalue weighted by Crippen LogP contribution is 2.45. The molecule has 0 aromatic rings. The van der Waals surface area contributed by atoms with Crippen molar-refractivity contribution in [2.75, 3.05) is 34.7 Å². The fourth-order valence-electron chi connectivity index (χ4n) is 6.18. The number of esters is 1. The van der Waals surface area contributed by atoms with Gasteiger partial charge in [-0.1, -0.05) is 19.3 Å². The van der Waals surface area contributed by atoms with E-state index in [2.05, 4.69) is 19.0 Å². The van der Waals surface area contributed by atoms with E-state index in [0.29, 0.717) is 12.8 Å². The average Bonchev–Trinajstić information content (AvgIpc) is 2.75. The zero-order valence-corrected chi connectivity index (χ0v) is 20.6. The zero-order chi connectivity index (χ0) is 23.3. The first-order valence-corrected chi connectivity index (χ1v) is 12.7. The lowest BCUT2D eigenvalue weighted by atomic mass is 9.64. The minimum Gasteiger partial charge on any atom is -0.462 e. The lowest BCUT2D eigenvalue weighted by molar-refractivity contribution is -0.168. The number of nitrogens with zero attached hydrogens (tertiary/aromatic N) is 2. The van der Waals surface area contributed by atoms with E-state index in [-0.39, 0.29) is 29.8 Å². The Hall–Kier alpha value is -1.34. The standard InChI is InChI=1S/C25H44N2O5/c1-26(2)17-19-10-7-8-15-25(19,30)18-11-9-12-20(16-18)31-23(28)21-13-5-6-14-22(21)32-24(29)27(3)4/h18-22,30H,5-17H2,1-4H3. The Morgan fingerprint density at radius 2 is 1.62 bits per heavy atom. The zero-order valence-electron chi connectivity index (χ0n) is 20.6. The van der Waals surface area contributed by atoms with Crippen molar-refractivity contribution in [1.82, 2.24) is 9.80 Å². The van der Waals surface area contributed by atoms with E-state index in [9.17, 15) is 14.7 Å². The summed E-state index contributed by atoms with van der Waals surface area (Å²) >= 11 is 0. The maximum atomic E-state index is 13.1. The second-order valence-corrected chi connectivity index (χ2v) is 10.8. The molecule has 3 rings (SSSR count). The summed E-state index contributed by atoms with van der Waals surface area (Å²) in [6.07, 6.45) is 10.1. The summed E-state index contributed by atoms with van der Waals surface area (Å²) in [7, 11) is 7.45. The highest BCUT2D eigenvalue weighted by atomic mass is 16.6. The van der Waals surface area contributed by atoms with E-state index >= 15 is 0 Å². The van der Waals surface area contributed by atoms with Gasteiger partial charge in [0.05, 0.1) is 11.5 Å². The largest absolute Gasteiger partial charge is 0.462 e. The second-order valence-electron chi connectivity index (χ2n) is 10.8. The summed E-state index contributed by atoms with van der Waals surface area (Å²) in [6, 6.07) is 0. The Kier molecular flexibility index (Phi) is 8.84. The number of carbonyl (C=O) groups excluding carboxylic acids is 2. The minimum atomic E-state index is -0.664. The quantitative estimate of drug-likeness (QED) is 0.617. The first-order valence-electron chi connectivity index (χ1n) is 12.7. The Labute approximate surface area is 193 Å². The average molecular weight is 453 g/mol. The second kappa shape index (κ2) is 11.2. The van der Waals surface area contributed by atoms with Gasteiger partial charge < -0.3 is 24.4 Å². The third-order valence-corrected chi connectivity index (χ3v) is 7.91. The molecule has 0 heterocycles. The van der Waals surface area contributed by atoms with Crippen molar-refractivity contribution in [1.29, 1.82) is 0 Å². The van der Waals surface area contributed by atoms with E-state index in [1.807, 2.05) is 0 Å². The van der Waals surface area contributed by atoms with Crippen LogP contribution >= 0.6 is 0 Å². The van der Waals surface area contributed by atoms with Gasteiger partial charge in [-0.25, -0.2) is 4.79 Å². The predicted molar refractivity (Wildman–Crippen MR) is 123 cm³/mol. The summed E-state index contributed by atoms with van der Waals surface area (Å²) in [5.41, 5.74) is -0.664. The summed E-state index contributed by atoms with van der Waals surface area (Å²) < 4.78 is 11.6. The Morgan fingerprint density at radius 1 is 0.906 bits per heavy atom. The fraction of sp³-hybridized carbons (Fsp3) is 0.920. The maximum absolute atomic E-state index is 13.1. The molecule has 0 aromatic heterocycles. The van der Waals surface area contributed by atoms with Crippen molar-refractivity contribution in [3.8, 4) is 0 Å². The molecule has 7 nitrogen and oxygen atoms in total. The molecule has 3 aliphatic rings. The molecule has 6 unspecified atom stereocenters. The monoisotopic (exact) mass is 452 g/mol. The summed E-state index contributed by atoms with van der Waals surface area (Å²) in [4.78, 5) is 28.7. The van der Waals surface area contributed by atoms with Gasteiger partial charge in [-0.15, -0.1) is 0 Å². The minimum absolute atomic E-state index is 0.153. The Balaban J connectivity index is 1.62. The van der Waals surface area contributed by atoms with Crippen LogP contribution in [0.2, 0.25) is 0 Å². The van der Waals surface area contributed by atoms with Gasteiger partial charge in [0.2, 0.25) is 0 Å². The van der Waals surface area contributed by atoms with Gasteiger partial charge >= 0.3 is 12.1 Å². The third-order valence-electron chi connectivity index (χ3n) is 7.91. The molecule has 0 bridgehead atoms. The smallest absolute Gasteiger partial charge is 0.409 e. The molecule has 3 saturated carbocycles.